The number of rotatable bonds is 3. The van der Waals surface area contributed by atoms with Gasteiger partial charge in [-0.2, -0.15) is 0 Å². The molecular weight excluding hydrogens is 382 g/mol. The summed E-state index contributed by atoms with van der Waals surface area (Å²) in [4.78, 5) is 24.8. The highest BCUT2D eigenvalue weighted by molar-refractivity contribution is 9.10. The van der Waals surface area contributed by atoms with Crippen molar-refractivity contribution in [2.24, 2.45) is 0 Å². The van der Waals surface area contributed by atoms with Gasteiger partial charge in [-0.15, -0.1) is 0 Å². The van der Waals surface area contributed by atoms with Gasteiger partial charge in [0.2, 0.25) is 0 Å². The molecule has 1 heterocycles. The van der Waals surface area contributed by atoms with Gasteiger partial charge in [-0.05, 0) is 43.7 Å². The standard InChI is InChI=1S/C19H18BrN3O2/c1-11-4-3-5-13(10-11)17-16(12(2)21-19(25)23-17)18(24)22-15-8-6-14(20)7-9-15/h3-10,17H,1-2H3,(H,22,24)(H2,21,23,25)/t17-/m0/s1. The van der Waals surface area contributed by atoms with Crippen molar-refractivity contribution < 1.29 is 9.59 Å². The van der Waals surface area contributed by atoms with Gasteiger partial charge in [-0.3, -0.25) is 4.79 Å². The number of benzene rings is 2. The normalized spacial score (nSPS) is 16.9. The number of carbonyl (C=O) groups excluding carboxylic acids is 2. The molecule has 128 valence electrons. The highest BCUT2D eigenvalue weighted by Crippen LogP contribution is 2.28. The van der Waals surface area contributed by atoms with E-state index in [0.717, 1.165) is 15.6 Å². The summed E-state index contributed by atoms with van der Waals surface area (Å²) in [5.74, 6) is -0.251. The molecule has 25 heavy (non-hydrogen) atoms. The fourth-order valence-electron chi connectivity index (χ4n) is 2.83. The van der Waals surface area contributed by atoms with Crippen LogP contribution in [0.2, 0.25) is 0 Å². The minimum atomic E-state index is -0.496. The lowest BCUT2D eigenvalue weighted by atomic mass is 9.94. The van der Waals surface area contributed by atoms with E-state index in [1.54, 1.807) is 6.92 Å². The average Bonchev–Trinajstić information content (AvgIpc) is 2.56. The van der Waals surface area contributed by atoms with E-state index >= 15 is 0 Å². The van der Waals surface area contributed by atoms with Crippen molar-refractivity contribution in [2.45, 2.75) is 19.9 Å². The van der Waals surface area contributed by atoms with Gasteiger partial charge in [0, 0.05) is 15.9 Å². The van der Waals surface area contributed by atoms with Crippen LogP contribution in [0, 0.1) is 6.92 Å². The van der Waals surface area contributed by atoms with Crippen LogP contribution in [0.1, 0.15) is 24.1 Å². The maximum absolute atomic E-state index is 12.9. The molecule has 0 unspecified atom stereocenters. The van der Waals surface area contributed by atoms with Crippen LogP contribution in [0.5, 0.6) is 0 Å². The maximum atomic E-state index is 12.9. The molecule has 0 bridgehead atoms. The van der Waals surface area contributed by atoms with E-state index in [9.17, 15) is 9.59 Å². The van der Waals surface area contributed by atoms with Crippen molar-refractivity contribution >= 4 is 33.6 Å². The number of urea groups is 1. The van der Waals surface area contributed by atoms with E-state index in [1.165, 1.54) is 0 Å². The number of anilines is 1. The Labute approximate surface area is 154 Å². The molecule has 2 aromatic carbocycles. The summed E-state index contributed by atoms with van der Waals surface area (Å²) in [5.41, 5.74) is 3.66. The second-order valence-electron chi connectivity index (χ2n) is 5.95. The summed E-state index contributed by atoms with van der Waals surface area (Å²) in [6.07, 6.45) is 0. The van der Waals surface area contributed by atoms with Crippen molar-refractivity contribution in [3.8, 4) is 0 Å². The minimum Gasteiger partial charge on any atom is -0.327 e. The van der Waals surface area contributed by atoms with Gasteiger partial charge in [-0.1, -0.05) is 45.8 Å². The summed E-state index contributed by atoms with van der Waals surface area (Å²) in [6.45, 7) is 3.71. The number of amides is 3. The fraction of sp³-hybridized carbons (Fsp3) is 0.158. The molecule has 0 radical (unpaired) electrons. The van der Waals surface area contributed by atoms with Crippen molar-refractivity contribution in [2.75, 3.05) is 5.32 Å². The van der Waals surface area contributed by atoms with Crippen molar-refractivity contribution in [3.63, 3.8) is 0 Å². The monoisotopic (exact) mass is 399 g/mol. The molecule has 0 aliphatic carbocycles. The molecule has 1 atom stereocenters. The van der Waals surface area contributed by atoms with Gasteiger partial charge in [0.05, 0.1) is 11.6 Å². The van der Waals surface area contributed by atoms with Crippen LogP contribution in [0.25, 0.3) is 0 Å². The third-order valence-corrected chi connectivity index (χ3v) is 4.52. The lowest BCUT2D eigenvalue weighted by Gasteiger charge is -2.29. The van der Waals surface area contributed by atoms with Crippen molar-refractivity contribution in [3.05, 3.63) is 75.4 Å². The first-order chi connectivity index (χ1) is 11.9. The first-order valence-corrected chi connectivity index (χ1v) is 8.65. The Balaban J connectivity index is 1.94. The van der Waals surface area contributed by atoms with E-state index < -0.39 is 6.04 Å². The second kappa shape index (κ2) is 7.11. The van der Waals surface area contributed by atoms with Crippen LogP contribution in [0.4, 0.5) is 10.5 Å². The quantitative estimate of drug-likeness (QED) is 0.728. The summed E-state index contributed by atoms with van der Waals surface area (Å²) in [7, 11) is 0. The van der Waals surface area contributed by atoms with E-state index in [1.807, 2.05) is 55.5 Å². The van der Waals surface area contributed by atoms with Gasteiger partial charge in [0.25, 0.3) is 5.91 Å². The fourth-order valence-corrected chi connectivity index (χ4v) is 3.09. The molecule has 0 fully saturated rings. The van der Waals surface area contributed by atoms with E-state index in [0.29, 0.717) is 17.0 Å². The number of hydrogen-bond donors (Lipinski definition) is 3. The SMILES string of the molecule is CC1=C(C(=O)Nc2ccc(Br)cc2)[C@H](c2cccc(C)c2)NC(=O)N1. The molecule has 0 saturated heterocycles. The number of nitrogens with one attached hydrogen (secondary N) is 3. The highest BCUT2D eigenvalue weighted by atomic mass is 79.9. The van der Waals surface area contributed by atoms with E-state index in [-0.39, 0.29) is 11.9 Å². The van der Waals surface area contributed by atoms with Gasteiger partial charge >= 0.3 is 6.03 Å². The molecule has 1 aliphatic heterocycles. The zero-order valence-electron chi connectivity index (χ0n) is 13.9. The maximum Gasteiger partial charge on any atom is 0.319 e. The van der Waals surface area contributed by atoms with Crippen LogP contribution >= 0.6 is 15.9 Å². The molecule has 3 N–H and O–H groups in total. The van der Waals surface area contributed by atoms with Crippen molar-refractivity contribution in [1.82, 2.24) is 10.6 Å². The Morgan fingerprint density at radius 1 is 1.12 bits per heavy atom. The lowest BCUT2D eigenvalue weighted by Crippen LogP contribution is -2.46. The molecule has 0 spiro atoms. The molecule has 3 amide bonds. The number of halogens is 1. The first kappa shape index (κ1) is 17.2. The first-order valence-electron chi connectivity index (χ1n) is 7.86. The van der Waals surface area contributed by atoms with Crippen molar-refractivity contribution in [1.29, 1.82) is 0 Å². The van der Waals surface area contributed by atoms with Crippen LogP contribution in [-0.2, 0) is 4.79 Å². The predicted molar refractivity (Wildman–Crippen MR) is 101 cm³/mol. The summed E-state index contributed by atoms with van der Waals surface area (Å²) in [5, 5.41) is 8.41. The number of carbonyl (C=O) groups is 2. The molecule has 0 saturated carbocycles. The molecule has 0 aromatic heterocycles. The zero-order valence-corrected chi connectivity index (χ0v) is 15.5. The smallest absolute Gasteiger partial charge is 0.319 e. The van der Waals surface area contributed by atoms with Crippen LogP contribution in [0.15, 0.2) is 64.3 Å². The third-order valence-electron chi connectivity index (χ3n) is 3.99. The second-order valence-corrected chi connectivity index (χ2v) is 6.86. The van der Waals surface area contributed by atoms with Gasteiger partial charge in [0.15, 0.2) is 0 Å². The summed E-state index contributed by atoms with van der Waals surface area (Å²) in [6, 6.07) is 14.3. The zero-order chi connectivity index (χ0) is 18.0. The van der Waals surface area contributed by atoms with Crippen LogP contribution in [0.3, 0.4) is 0 Å². The Morgan fingerprint density at radius 2 is 1.84 bits per heavy atom. The average molecular weight is 400 g/mol. The lowest BCUT2D eigenvalue weighted by molar-refractivity contribution is -0.113. The van der Waals surface area contributed by atoms with Gasteiger partial charge < -0.3 is 16.0 Å². The molecule has 5 nitrogen and oxygen atoms in total. The number of allylic oxidation sites excluding steroid dienone is 1. The number of hydrogen-bond acceptors (Lipinski definition) is 2. The third kappa shape index (κ3) is 3.91. The van der Waals surface area contributed by atoms with E-state index in [2.05, 4.69) is 31.9 Å². The topological polar surface area (TPSA) is 70.2 Å². The Morgan fingerprint density at radius 3 is 2.52 bits per heavy atom. The van der Waals surface area contributed by atoms with Crippen LogP contribution in [-0.4, -0.2) is 11.9 Å². The Kier molecular flexibility index (Phi) is 4.90. The van der Waals surface area contributed by atoms with Gasteiger partial charge in [-0.25, -0.2) is 4.79 Å². The highest BCUT2D eigenvalue weighted by Gasteiger charge is 2.31. The molecular formula is C19H18BrN3O2. The molecule has 2 aromatic rings. The van der Waals surface area contributed by atoms with Crippen LogP contribution < -0.4 is 16.0 Å². The molecule has 1 aliphatic rings. The number of aryl methyl sites for hydroxylation is 1. The predicted octanol–water partition coefficient (Wildman–Crippen LogP) is 4.02. The van der Waals surface area contributed by atoms with Gasteiger partial charge in [0.1, 0.15) is 0 Å². The Bertz CT molecular complexity index is 859. The Hall–Kier alpha value is -2.60. The van der Waals surface area contributed by atoms with E-state index in [4.69, 9.17) is 0 Å². The molecule has 6 heteroatoms. The minimum absolute atomic E-state index is 0.251. The summed E-state index contributed by atoms with van der Waals surface area (Å²) < 4.78 is 0.935. The largest absolute Gasteiger partial charge is 0.327 e. The molecule has 3 rings (SSSR count). The summed E-state index contributed by atoms with van der Waals surface area (Å²) >= 11 is 3.37.